The maximum Gasteiger partial charge on any atom is 0.168 e. The number of hydrogen-bond acceptors (Lipinski definition) is 2. The van der Waals surface area contributed by atoms with Crippen LogP contribution in [0.2, 0.25) is 5.02 Å². The normalized spacial score (nSPS) is 11.8. The third kappa shape index (κ3) is 2.12. The van der Waals surface area contributed by atoms with Gasteiger partial charge < -0.3 is 4.52 Å². The largest absolute Gasteiger partial charge is 0.356 e. The molecule has 1 aromatic carbocycles. The molecule has 2 aromatic rings. The molecule has 16 heavy (non-hydrogen) atoms. The molecule has 0 spiro atoms. The lowest BCUT2D eigenvalue weighted by Gasteiger charge is -2.12. The third-order valence-corrected chi connectivity index (χ3v) is 2.75. The SMILES string of the molecule is CC(C)(C)c1cc(-c2ccccc2Cl)on1. The molecule has 1 aromatic heterocycles. The average Bonchev–Trinajstić information content (AvgIpc) is 2.66. The van der Waals surface area contributed by atoms with Crippen molar-refractivity contribution in [3.05, 3.63) is 41.0 Å². The summed E-state index contributed by atoms with van der Waals surface area (Å²) in [4.78, 5) is 0. The molecule has 2 nitrogen and oxygen atoms in total. The van der Waals surface area contributed by atoms with Crippen molar-refractivity contribution in [2.75, 3.05) is 0 Å². The summed E-state index contributed by atoms with van der Waals surface area (Å²) in [6, 6.07) is 9.54. The van der Waals surface area contributed by atoms with E-state index in [2.05, 4.69) is 25.9 Å². The highest BCUT2D eigenvalue weighted by molar-refractivity contribution is 6.33. The topological polar surface area (TPSA) is 26.0 Å². The molecule has 0 aliphatic heterocycles. The Hall–Kier alpha value is -1.28. The zero-order valence-corrected chi connectivity index (χ0v) is 10.4. The van der Waals surface area contributed by atoms with Gasteiger partial charge in [0, 0.05) is 17.0 Å². The fraction of sp³-hybridized carbons (Fsp3) is 0.308. The van der Waals surface area contributed by atoms with Crippen molar-refractivity contribution in [1.82, 2.24) is 5.16 Å². The van der Waals surface area contributed by atoms with Crippen LogP contribution in [0.15, 0.2) is 34.9 Å². The molecular weight excluding hydrogens is 222 g/mol. The van der Waals surface area contributed by atoms with Crippen LogP contribution >= 0.6 is 11.6 Å². The van der Waals surface area contributed by atoms with E-state index in [0.717, 1.165) is 17.0 Å². The summed E-state index contributed by atoms with van der Waals surface area (Å²) < 4.78 is 5.32. The van der Waals surface area contributed by atoms with E-state index in [4.69, 9.17) is 16.1 Å². The van der Waals surface area contributed by atoms with Gasteiger partial charge in [-0.1, -0.05) is 49.7 Å². The first kappa shape index (κ1) is 11.2. The summed E-state index contributed by atoms with van der Waals surface area (Å²) in [5.74, 6) is 0.718. The molecule has 0 fully saturated rings. The Balaban J connectivity index is 2.44. The van der Waals surface area contributed by atoms with Crippen molar-refractivity contribution < 1.29 is 4.52 Å². The molecule has 3 heteroatoms. The lowest BCUT2D eigenvalue weighted by molar-refractivity contribution is 0.402. The summed E-state index contributed by atoms with van der Waals surface area (Å²) in [5, 5.41) is 4.75. The Morgan fingerprint density at radius 3 is 2.44 bits per heavy atom. The predicted molar refractivity (Wildman–Crippen MR) is 65.6 cm³/mol. The fourth-order valence-corrected chi connectivity index (χ4v) is 1.65. The van der Waals surface area contributed by atoms with E-state index in [1.54, 1.807) is 0 Å². The first-order chi connectivity index (χ1) is 7.48. The quantitative estimate of drug-likeness (QED) is 0.737. The first-order valence-electron chi connectivity index (χ1n) is 5.20. The summed E-state index contributed by atoms with van der Waals surface area (Å²) in [6.07, 6.45) is 0. The fourth-order valence-electron chi connectivity index (χ4n) is 1.42. The van der Waals surface area contributed by atoms with E-state index < -0.39 is 0 Å². The molecule has 1 heterocycles. The Bertz CT molecular complexity index is 497. The van der Waals surface area contributed by atoms with Crippen molar-refractivity contribution in [1.29, 1.82) is 0 Å². The predicted octanol–water partition coefficient (Wildman–Crippen LogP) is 4.29. The second-order valence-corrected chi connectivity index (χ2v) is 5.21. The molecule has 0 aliphatic carbocycles. The van der Waals surface area contributed by atoms with E-state index in [0.29, 0.717) is 5.02 Å². The van der Waals surface area contributed by atoms with Gasteiger partial charge in [-0.15, -0.1) is 0 Å². The van der Waals surface area contributed by atoms with Gasteiger partial charge >= 0.3 is 0 Å². The van der Waals surface area contributed by atoms with Gasteiger partial charge in [-0.3, -0.25) is 0 Å². The third-order valence-electron chi connectivity index (χ3n) is 2.42. The number of aromatic nitrogens is 1. The zero-order chi connectivity index (χ0) is 11.8. The van der Waals surface area contributed by atoms with Crippen LogP contribution in [0.4, 0.5) is 0 Å². The van der Waals surface area contributed by atoms with Crippen molar-refractivity contribution >= 4 is 11.6 Å². The number of halogens is 1. The molecule has 0 unspecified atom stereocenters. The van der Waals surface area contributed by atoms with Crippen molar-refractivity contribution in [3.8, 4) is 11.3 Å². The van der Waals surface area contributed by atoms with Crippen LogP contribution in [-0.4, -0.2) is 5.16 Å². The molecule has 0 bridgehead atoms. The second kappa shape index (κ2) is 3.95. The minimum Gasteiger partial charge on any atom is -0.356 e. The highest BCUT2D eigenvalue weighted by Gasteiger charge is 2.20. The van der Waals surface area contributed by atoms with Crippen molar-refractivity contribution in [3.63, 3.8) is 0 Å². The summed E-state index contributed by atoms with van der Waals surface area (Å²) in [6.45, 7) is 6.30. The highest BCUT2D eigenvalue weighted by Crippen LogP contribution is 2.31. The minimum absolute atomic E-state index is 0.0109. The number of nitrogens with zero attached hydrogens (tertiary/aromatic N) is 1. The van der Waals surface area contributed by atoms with E-state index in [-0.39, 0.29) is 5.41 Å². The summed E-state index contributed by atoms with van der Waals surface area (Å²) in [7, 11) is 0. The van der Waals surface area contributed by atoms with E-state index in [9.17, 15) is 0 Å². The average molecular weight is 236 g/mol. The van der Waals surface area contributed by atoms with Crippen LogP contribution in [-0.2, 0) is 5.41 Å². The van der Waals surface area contributed by atoms with Crippen LogP contribution in [0.5, 0.6) is 0 Å². The zero-order valence-electron chi connectivity index (χ0n) is 9.62. The molecule has 0 N–H and O–H groups in total. The lowest BCUT2D eigenvalue weighted by Crippen LogP contribution is -2.10. The maximum atomic E-state index is 6.09. The molecule has 0 radical (unpaired) electrons. The Morgan fingerprint density at radius 2 is 1.88 bits per heavy atom. The standard InChI is InChI=1S/C13H14ClNO/c1-13(2,3)12-8-11(16-15-12)9-6-4-5-7-10(9)14/h4-8H,1-3H3. The van der Waals surface area contributed by atoms with Crippen LogP contribution in [0.25, 0.3) is 11.3 Å². The summed E-state index contributed by atoms with van der Waals surface area (Å²) in [5.41, 5.74) is 1.80. The molecular formula is C13H14ClNO. The second-order valence-electron chi connectivity index (χ2n) is 4.81. The van der Waals surface area contributed by atoms with E-state index in [1.807, 2.05) is 30.3 Å². The number of benzene rings is 1. The monoisotopic (exact) mass is 235 g/mol. The molecule has 0 atom stereocenters. The van der Waals surface area contributed by atoms with Gasteiger partial charge in [0.25, 0.3) is 0 Å². The van der Waals surface area contributed by atoms with Crippen LogP contribution in [0.1, 0.15) is 26.5 Å². The van der Waals surface area contributed by atoms with Gasteiger partial charge in [0.05, 0.1) is 10.7 Å². The van der Waals surface area contributed by atoms with Gasteiger partial charge in [-0.25, -0.2) is 0 Å². The Labute approximate surface area is 100 Å². The van der Waals surface area contributed by atoms with Gasteiger partial charge in [0.1, 0.15) is 0 Å². The van der Waals surface area contributed by atoms with E-state index >= 15 is 0 Å². The van der Waals surface area contributed by atoms with Gasteiger partial charge in [0.2, 0.25) is 0 Å². The Kier molecular flexibility index (Phi) is 2.76. The summed E-state index contributed by atoms with van der Waals surface area (Å²) >= 11 is 6.09. The number of hydrogen-bond donors (Lipinski definition) is 0. The van der Waals surface area contributed by atoms with Crippen molar-refractivity contribution in [2.45, 2.75) is 26.2 Å². The van der Waals surface area contributed by atoms with Gasteiger partial charge in [0.15, 0.2) is 5.76 Å². The molecule has 0 aliphatic rings. The molecule has 0 amide bonds. The van der Waals surface area contributed by atoms with Crippen LogP contribution in [0.3, 0.4) is 0 Å². The lowest BCUT2D eigenvalue weighted by atomic mass is 9.92. The first-order valence-corrected chi connectivity index (χ1v) is 5.58. The molecule has 0 saturated heterocycles. The van der Waals surface area contributed by atoms with Crippen molar-refractivity contribution in [2.24, 2.45) is 0 Å². The van der Waals surface area contributed by atoms with E-state index in [1.165, 1.54) is 0 Å². The number of rotatable bonds is 1. The highest BCUT2D eigenvalue weighted by atomic mass is 35.5. The molecule has 0 saturated carbocycles. The van der Waals surface area contributed by atoms with Crippen LogP contribution < -0.4 is 0 Å². The maximum absolute atomic E-state index is 6.09. The van der Waals surface area contributed by atoms with Crippen LogP contribution in [0, 0.1) is 0 Å². The molecule has 84 valence electrons. The minimum atomic E-state index is -0.0109. The molecule has 2 rings (SSSR count). The van der Waals surface area contributed by atoms with Gasteiger partial charge in [-0.2, -0.15) is 0 Å². The van der Waals surface area contributed by atoms with Gasteiger partial charge in [-0.05, 0) is 12.1 Å². The Morgan fingerprint density at radius 1 is 1.19 bits per heavy atom. The smallest absolute Gasteiger partial charge is 0.168 e.